The number of carbonyl (C=O) groups excluding carboxylic acids is 5. The molecule has 0 bridgehead atoms. The second-order valence-corrected chi connectivity index (χ2v) is 10.0. The number of carbonyl (C=O) groups is 5. The van der Waals surface area contributed by atoms with Gasteiger partial charge in [0, 0.05) is 45.8 Å². The van der Waals surface area contributed by atoms with Crippen molar-refractivity contribution in [2.75, 3.05) is 59.3 Å². The van der Waals surface area contributed by atoms with E-state index in [-0.39, 0.29) is 76.9 Å². The number of nitrogens with one attached hydrogen (secondary N) is 3. The Labute approximate surface area is 233 Å². The van der Waals surface area contributed by atoms with Crippen LogP contribution >= 0.6 is 7.82 Å². The summed E-state index contributed by atoms with van der Waals surface area (Å²) in [5.41, 5.74) is 0. The lowest BCUT2D eigenvalue weighted by Gasteiger charge is -2.18. The number of phosphoric acid groups is 1. The van der Waals surface area contributed by atoms with E-state index in [1.807, 2.05) is 13.8 Å². The molecule has 0 aliphatic heterocycles. The van der Waals surface area contributed by atoms with Gasteiger partial charge in [0.25, 0.3) is 0 Å². The third-order valence-electron chi connectivity index (χ3n) is 4.34. The molecule has 3 amide bonds. The van der Waals surface area contributed by atoms with E-state index in [4.69, 9.17) is 28.0 Å². The number of phosphoric ester groups is 1. The molecule has 1 unspecified atom stereocenters. The lowest BCUT2D eigenvalue weighted by Crippen LogP contribution is -2.31. The Bertz CT molecular complexity index is 841. The summed E-state index contributed by atoms with van der Waals surface area (Å²) in [6, 6.07) is 0.0653. The van der Waals surface area contributed by atoms with E-state index >= 15 is 0 Å². The molecule has 0 saturated heterocycles. The molecule has 0 saturated carbocycles. The molecule has 0 aromatic heterocycles. The van der Waals surface area contributed by atoms with Crippen molar-refractivity contribution in [2.24, 2.45) is 0 Å². The van der Waals surface area contributed by atoms with Gasteiger partial charge in [-0.15, -0.1) is 0 Å². The molecule has 0 heterocycles. The highest BCUT2D eigenvalue weighted by Crippen LogP contribution is 2.43. The van der Waals surface area contributed by atoms with E-state index in [0.29, 0.717) is 13.0 Å². The average molecular weight is 600 g/mol. The highest BCUT2D eigenvalue weighted by molar-refractivity contribution is 7.47. The summed E-state index contributed by atoms with van der Waals surface area (Å²) in [4.78, 5) is 66.6. The van der Waals surface area contributed by atoms with Crippen LogP contribution in [0, 0.1) is 0 Å². The molecule has 16 nitrogen and oxygen atoms in total. The van der Waals surface area contributed by atoms with Crippen molar-refractivity contribution in [3.63, 3.8) is 0 Å². The Kier molecular flexibility index (Phi) is 20.7. The van der Waals surface area contributed by atoms with E-state index < -0.39 is 38.4 Å². The number of rotatable bonds is 23. The van der Waals surface area contributed by atoms with Gasteiger partial charge in [0.2, 0.25) is 17.7 Å². The third-order valence-corrected chi connectivity index (χ3v) is 5.32. The summed E-state index contributed by atoms with van der Waals surface area (Å²) < 4.78 is 41.3. The molecule has 0 aromatic rings. The Morgan fingerprint density at radius 1 is 0.775 bits per heavy atom. The van der Waals surface area contributed by atoms with Crippen molar-refractivity contribution >= 4 is 37.5 Å². The number of ether oxygens (including phenoxy) is 4. The smallest absolute Gasteiger partial charge is 0.462 e. The van der Waals surface area contributed by atoms with Gasteiger partial charge in [-0.1, -0.05) is 0 Å². The summed E-state index contributed by atoms with van der Waals surface area (Å²) in [5, 5.41) is 7.85. The molecule has 17 heteroatoms. The van der Waals surface area contributed by atoms with E-state index in [2.05, 4.69) is 16.0 Å². The maximum absolute atomic E-state index is 11.9. The molecule has 0 spiro atoms. The molecule has 40 heavy (non-hydrogen) atoms. The average Bonchev–Trinajstić information content (AvgIpc) is 2.84. The zero-order chi connectivity index (χ0) is 30.4. The van der Waals surface area contributed by atoms with Gasteiger partial charge in [0.05, 0.1) is 33.0 Å². The highest BCUT2D eigenvalue weighted by Gasteiger charge is 2.25. The minimum absolute atomic E-state index is 0.0653. The maximum Gasteiger partial charge on any atom is 0.472 e. The molecule has 4 N–H and O–H groups in total. The fourth-order valence-corrected chi connectivity index (χ4v) is 3.47. The lowest BCUT2D eigenvalue weighted by atomic mass is 10.2. The van der Waals surface area contributed by atoms with Gasteiger partial charge in [-0.05, 0) is 20.3 Å². The molecule has 0 rings (SSSR count). The Hall–Kier alpha value is -2.62. The van der Waals surface area contributed by atoms with Crippen LogP contribution in [0.2, 0.25) is 0 Å². The fourth-order valence-electron chi connectivity index (χ4n) is 2.72. The van der Waals surface area contributed by atoms with Crippen LogP contribution in [-0.2, 0) is 56.5 Å². The maximum atomic E-state index is 11.9. The molecule has 232 valence electrons. The quantitative estimate of drug-likeness (QED) is 0.0668. The first kappa shape index (κ1) is 37.4. The van der Waals surface area contributed by atoms with Crippen molar-refractivity contribution in [1.29, 1.82) is 0 Å². The first-order valence-corrected chi connectivity index (χ1v) is 14.2. The zero-order valence-electron chi connectivity index (χ0n) is 23.4. The van der Waals surface area contributed by atoms with E-state index in [1.54, 1.807) is 0 Å². The molecule has 0 aliphatic rings. The standard InChI is InChI=1S/C23H42N3O13P/c1-17(2)26-22(30)7-5-6-21(29)24-8-10-34-12-13-35-16-23(31)25-9-11-37-40(32,33)38-15-20(39-19(4)28)14-36-18(3)27/h17,20H,5-16H2,1-4H3,(H,24,29)(H,25,31)(H,26,30)(H,32,33)/t20-/m1/s1. The van der Waals surface area contributed by atoms with Gasteiger partial charge >= 0.3 is 19.8 Å². The summed E-state index contributed by atoms with van der Waals surface area (Å²) in [5.74, 6) is -2.09. The van der Waals surface area contributed by atoms with Crippen molar-refractivity contribution in [1.82, 2.24) is 16.0 Å². The van der Waals surface area contributed by atoms with E-state index in [1.165, 1.54) is 0 Å². The van der Waals surface area contributed by atoms with Crippen LogP contribution in [0.1, 0.15) is 47.0 Å². The number of hydrogen-bond donors (Lipinski definition) is 4. The van der Waals surface area contributed by atoms with E-state index in [9.17, 15) is 33.4 Å². The molecular weight excluding hydrogens is 557 g/mol. The zero-order valence-corrected chi connectivity index (χ0v) is 24.3. The first-order chi connectivity index (χ1) is 18.8. The fraction of sp³-hybridized carbons (Fsp3) is 0.783. The Balaban J connectivity index is 3.81. The van der Waals surface area contributed by atoms with E-state index in [0.717, 1.165) is 13.8 Å². The van der Waals surface area contributed by atoms with Gasteiger partial charge in [0.1, 0.15) is 13.2 Å². The largest absolute Gasteiger partial charge is 0.472 e. The Morgan fingerprint density at radius 2 is 1.40 bits per heavy atom. The minimum Gasteiger partial charge on any atom is -0.462 e. The van der Waals surface area contributed by atoms with Crippen LogP contribution in [0.5, 0.6) is 0 Å². The van der Waals surface area contributed by atoms with Crippen molar-refractivity contribution in [2.45, 2.75) is 59.1 Å². The second-order valence-electron chi connectivity index (χ2n) is 8.57. The third kappa shape index (κ3) is 24.4. The topological polar surface area (TPSA) is 214 Å². The van der Waals surface area contributed by atoms with Gasteiger partial charge in [-0.25, -0.2) is 4.57 Å². The highest BCUT2D eigenvalue weighted by atomic mass is 31.2. The monoisotopic (exact) mass is 599 g/mol. The SMILES string of the molecule is CC(=O)OC[C@H](COP(=O)(O)OCCNC(=O)COCCOCCNC(=O)CCCC(=O)NC(C)C)OC(C)=O. The van der Waals surface area contributed by atoms with Gasteiger partial charge in [0.15, 0.2) is 6.10 Å². The van der Waals surface area contributed by atoms with Crippen LogP contribution in [0.15, 0.2) is 0 Å². The molecule has 0 radical (unpaired) electrons. The number of esters is 2. The van der Waals surface area contributed by atoms with Crippen LogP contribution in [0.4, 0.5) is 0 Å². The number of amides is 3. The van der Waals surface area contributed by atoms with Crippen LogP contribution < -0.4 is 16.0 Å². The molecule has 2 atom stereocenters. The summed E-state index contributed by atoms with van der Waals surface area (Å²) in [6.07, 6.45) is -0.120. The first-order valence-electron chi connectivity index (χ1n) is 12.7. The summed E-state index contributed by atoms with van der Waals surface area (Å²) in [7, 11) is -4.53. The van der Waals surface area contributed by atoms with Gasteiger partial charge in [-0.3, -0.25) is 33.0 Å². The molecule has 0 fully saturated rings. The van der Waals surface area contributed by atoms with Gasteiger partial charge in [-0.2, -0.15) is 0 Å². The summed E-state index contributed by atoms with van der Waals surface area (Å²) in [6.45, 7) is 5.17. The Morgan fingerprint density at radius 3 is 2.05 bits per heavy atom. The minimum atomic E-state index is -4.53. The predicted molar refractivity (Wildman–Crippen MR) is 139 cm³/mol. The van der Waals surface area contributed by atoms with Crippen LogP contribution in [0.3, 0.4) is 0 Å². The molecule has 0 aromatic carbocycles. The normalized spacial score (nSPS) is 13.2. The predicted octanol–water partition coefficient (Wildman–Crippen LogP) is -0.425. The lowest BCUT2D eigenvalue weighted by molar-refractivity contribution is -0.158. The second kappa shape index (κ2) is 22.1. The summed E-state index contributed by atoms with van der Waals surface area (Å²) >= 11 is 0. The number of hydrogen-bond acceptors (Lipinski definition) is 12. The molecule has 0 aliphatic carbocycles. The van der Waals surface area contributed by atoms with Crippen molar-refractivity contribution in [3.8, 4) is 0 Å². The van der Waals surface area contributed by atoms with Crippen molar-refractivity contribution < 1.29 is 61.4 Å². The van der Waals surface area contributed by atoms with Crippen molar-refractivity contribution in [3.05, 3.63) is 0 Å². The van der Waals surface area contributed by atoms with Gasteiger partial charge < -0.3 is 39.8 Å². The van der Waals surface area contributed by atoms with Crippen LogP contribution in [-0.4, -0.2) is 106 Å². The molecular formula is C23H42N3O13P. The van der Waals surface area contributed by atoms with Crippen LogP contribution in [0.25, 0.3) is 0 Å².